The number of rotatable bonds is 6. The van der Waals surface area contributed by atoms with E-state index in [1.807, 2.05) is 5.38 Å². The van der Waals surface area contributed by atoms with Crippen molar-refractivity contribution in [1.29, 1.82) is 0 Å². The van der Waals surface area contributed by atoms with E-state index in [1.165, 1.54) is 35.2 Å². The minimum atomic E-state index is -0.984. The van der Waals surface area contributed by atoms with Crippen molar-refractivity contribution in [3.05, 3.63) is 76.9 Å². The van der Waals surface area contributed by atoms with Crippen LogP contribution in [0.2, 0.25) is 0 Å². The van der Waals surface area contributed by atoms with Crippen LogP contribution < -0.4 is 0 Å². The van der Waals surface area contributed by atoms with E-state index in [2.05, 4.69) is 16.6 Å². The topological polar surface area (TPSA) is 96.0 Å². The molecule has 0 spiro atoms. The second-order valence-electron chi connectivity index (χ2n) is 6.11. The predicted molar refractivity (Wildman–Crippen MR) is 118 cm³/mol. The highest BCUT2D eigenvalue weighted by Gasteiger charge is 2.33. The maximum absolute atomic E-state index is 12.8. The zero-order valence-corrected chi connectivity index (χ0v) is 17.2. The third-order valence-corrected chi connectivity index (χ3v) is 5.80. The lowest BCUT2D eigenvalue weighted by atomic mass is 10.1. The molecule has 1 aromatic carbocycles. The molecule has 0 saturated carbocycles. The summed E-state index contributed by atoms with van der Waals surface area (Å²) in [7, 11) is 0. The smallest absolute Gasteiger partial charge is 0.335 e. The van der Waals surface area contributed by atoms with Gasteiger partial charge in [0.2, 0.25) is 5.13 Å². The standard InChI is InChI=1S/C21H15N3O4S2/c1-2-10-24-18(25)17(30-21(24)23-20-22-9-11-29-20)12-15-7-8-16(28-15)13-3-5-14(6-4-13)19(26)27/h2-9,11-12H,1,10H2,(H,26,27)/b17-12-,23-21+. The minimum absolute atomic E-state index is 0.182. The van der Waals surface area contributed by atoms with E-state index in [4.69, 9.17) is 9.52 Å². The van der Waals surface area contributed by atoms with Crippen LogP contribution in [-0.4, -0.2) is 38.6 Å². The Morgan fingerprint density at radius 3 is 2.73 bits per heavy atom. The molecule has 1 aliphatic rings. The van der Waals surface area contributed by atoms with Gasteiger partial charge in [0.15, 0.2) is 5.17 Å². The van der Waals surface area contributed by atoms with Gasteiger partial charge in [0, 0.05) is 29.8 Å². The van der Waals surface area contributed by atoms with Gasteiger partial charge in [-0.05, 0) is 36.0 Å². The van der Waals surface area contributed by atoms with Crippen LogP contribution in [0.1, 0.15) is 16.1 Å². The van der Waals surface area contributed by atoms with Crippen molar-refractivity contribution < 1.29 is 19.1 Å². The molecule has 3 aromatic rings. The van der Waals surface area contributed by atoms with Crippen LogP contribution in [0.4, 0.5) is 5.13 Å². The van der Waals surface area contributed by atoms with Crippen molar-refractivity contribution in [3.63, 3.8) is 0 Å². The largest absolute Gasteiger partial charge is 0.478 e. The molecule has 0 unspecified atom stereocenters. The Morgan fingerprint density at radius 1 is 1.27 bits per heavy atom. The van der Waals surface area contributed by atoms with Gasteiger partial charge in [0.25, 0.3) is 5.91 Å². The second-order valence-corrected chi connectivity index (χ2v) is 7.99. The summed E-state index contributed by atoms with van der Waals surface area (Å²) in [5.41, 5.74) is 0.948. The maximum Gasteiger partial charge on any atom is 0.335 e. The SMILES string of the molecule is C=CCN1C(=O)/C(=C/c2ccc(-c3ccc(C(=O)O)cc3)o2)S/C1=N/c1nccs1. The molecule has 2 aromatic heterocycles. The van der Waals surface area contributed by atoms with Crippen molar-refractivity contribution >= 4 is 51.4 Å². The van der Waals surface area contributed by atoms with Gasteiger partial charge in [-0.1, -0.05) is 18.2 Å². The number of hydrogen-bond acceptors (Lipinski definition) is 7. The lowest BCUT2D eigenvalue weighted by Gasteiger charge is -2.11. The number of nitrogens with zero attached hydrogens (tertiary/aromatic N) is 3. The average molecular weight is 438 g/mol. The highest BCUT2D eigenvalue weighted by atomic mass is 32.2. The van der Waals surface area contributed by atoms with Gasteiger partial charge < -0.3 is 9.52 Å². The fourth-order valence-electron chi connectivity index (χ4n) is 2.73. The van der Waals surface area contributed by atoms with E-state index in [0.717, 1.165) is 5.56 Å². The number of thiazole rings is 1. The Morgan fingerprint density at radius 2 is 2.07 bits per heavy atom. The predicted octanol–water partition coefficient (Wildman–Crippen LogP) is 4.89. The van der Waals surface area contributed by atoms with E-state index < -0.39 is 5.97 Å². The van der Waals surface area contributed by atoms with Gasteiger partial charge in [-0.25, -0.2) is 9.78 Å². The molecular formula is C21H15N3O4S2. The summed E-state index contributed by atoms with van der Waals surface area (Å²) in [6, 6.07) is 9.93. The van der Waals surface area contributed by atoms with Crippen molar-refractivity contribution in [2.75, 3.05) is 6.54 Å². The quantitative estimate of drug-likeness (QED) is 0.436. The number of furan rings is 1. The fourth-order valence-corrected chi connectivity index (χ4v) is 4.26. The van der Waals surface area contributed by atoms with Gasteiger partial charge >= 0.3 is 5.97 Å². The molecule has 7 nitrogen and oxygen atoms in total. The van der Waals surface area contributed by atoms with E-state index in [-0.39, 0.29) is 11.5 Å². The number of amides is 1. The zero-order valence-electron chi connectivity index (χ0n) is 15.5. The van der Waals surface area contributed by atoms with E-state index in [9.17, 15) is 9.59 Å². The zero-order chi connectivity index (χ0) is 21.1. The molecular weight excluding hydrogens is 422 g/mol. The van der Waals surface area contributed by atoms with Crippen LogP contribution in [-0.2, 0) is 4.79 Å². The second kappa shape index (κ2) is 8.52. The third kappa shape index (κ3) is 4.12. The van der Waals surface area contributed by atoms with Crippen molar-refractivity contribution in [3.8, 4) is 11.3 Å². The summed E-state index contributed by atoms with van der Waals surface area (Å²) in [5, 5.41) is 11.9. The third-order valence-electron chi connectivity index (χ3n) is 4.13. The number of aromatic carboxylic acids is 1. The Balaban J connectivity index is 1.59. The summed E-state index contributed by atoms with van der Waals surface area (Å²) < 4.78 is 5.84. The molecule has 0 aliphatic carbocycles. The maximum atomic E-state index is 12.8. The fraction of sp³-hybridized carbons (Fsp3) is 0.0476. The molecule has 1 aliphatic heterocycles. The van der Waals surface area contributed by atoms with Gasteiger partial charge in [0.1, 0.15) is 11.5 Å². The summed E-state index contributed by atoms with van der Waals surface area (Å²) in [6.45, 7) is 4.05. The Hall–Kier alpha value is -3.43. The summed E-state index contributed by atoms with van der Waals surface area (Å²) in [5.74, 6) is -0.0764. The van der Waals surface area contributed by atoms with Crippen LogP contribution in [0, 0.1) is 0 Å². The number of aromatic nitrogens is 1. The van der Waals surface area contributed by atoms with Gasteiger partial charge in [-0.3, -0.25) is 9.69 Å². The first-order chi connectivity index (χ1) is 14.5. The van der Waals surface area contributed by atoms with Crippen LogP contribution >= 0.6 is 23.1 Å². The first-order valence-corrected chi connectivity index (χ1v) is 10.5. The molecule has 3 heterocycles. The summed E-state index contributed by atoms with van der Waals surface area (Å²) >= 11 is 2.64. The highest BCUT2D eigenvalue weighted by Crippen LogP contribution is 2.35. The number of carboxylic acids is 1. The monoisotopic (exact) mass is 437 g/mol. The summed E-state index contributed by atoms with van der Waals surface area (Å²) in [6.07, 6.45) is 4.97. The molecule has 0 atom stereocenters. The van der Waals surface area contributed by atoms with Gasteiger partial charge in [-0.15, -0.1) is 17.9 Å². The Kier molecular flexibility index (Phi) is 5.64. The molecule has 1 fully saturated rings. The number of benzene rings is 1. The molecule has 1 N–H and O–H groups in total. The van der Waals surface area contributed by atoms with Crippen LogP contribution in [0.5, 0.6) is 0 Å². The lowest BCUT2D eigenvalue weighted by Crippen LogP contribution is -2.29. The van der Waals surface area contributed by atoms with E-state index in [1.54, 1.807) is 47.5 Å². The first kappa shape index (κ1) is 19.9. The van der Waals surface area contributed by atoms with Crippen molar-refractivity contribution in [2.24, 2.45) is 4.99 Å². The van der Waals surface area contributed by atoms with Gasteiger partial charge in [0.05, 0.1) is 10.5 Å². The summed E-state index contributed by atoms with van der Waals surface area (Å²) in [4.78, 5) is 34.4. The number of hydrogen-bond donors (Lipinski definition) is 1. The molecule has 9 heteroatoms. The van der Waals surface area contributed by atoms with E-state index >= 15 is 0 Å². The number of carbonyl (C=O) groups excluding carboxylic acids is 1. The van der Waals surface area contributed by atoms with Crippen LogP contribution in [0.15, 0.2) is 74.9 Å². The Labute approximate surface area is 180 Å². The van der Waals surface area contributed by atoms with Crippen LogP contribution in [0.3, 0.4) is 0 Å². The molecule has 30 heavy (non-hydrogen) atoms. The number of amidine groups is 1. The van der Waals surface area contributed by atoms with E-state index in [0.29, 0.717) is 33.3 Å². The normalized spacial score (nSPS) is 16.5. The van der Waals surface area contributed by atoms with Crippen LogP contribution in [0.25, 0.3) is 17.4 Å². The lowest BCUT2D eigenvalue weighted by molar-refractivity contribution is -0.121. The van der Waals surface area contributed by atoms with Crippen molar-refractivity contribution in [1.82, 2.24) is 9.88 Å². The Bertz CT molecular complexity index is 1160. The highest BCUT2D eigenvalue weighted by molar-refractivity contribution is 8.18. The molecule has 4 rings (SSSR count). The minimum Gasteiger partial charge on any atom is -0.478 e. The molecule has 1 amide bonds. The van der Waals surface area contributed by atoms with Crippen molar-refractivity contribution in [2.45, 2.75) is 0 Å². The number of carboxylic acid groups (broad SMARTS) is 1. The average Bonchev–Trinajstić information content (AvgIpc) is 3.47. The number of aliphatic imine (C=N–C) groups is 1. The number of thioether (sulfide) groups is 1. The first-order valence-electron chi connectivity index (χ1n) is 8.79. The molecule has 0 radical (unpaired) electrons. The number of carbonyl (C=O) groups is 2. The molecule has 150 valence electrons. The molecule has 0 bridgehead atoms. The molecule has 1 saturated heterocycles. The van der Waals surface area contributed by atoms with Gasteiger partial charge in [-0.2, -0.15) is 4.99 Å².